The zero-order valence-corrected chi connectivity index (χ0v) is 13.2. The highest BCUT2D eigenvalue weighted by atomic mass is 19.1. The summed E-state index contributed by atoms with van der Waals surface area (Å²) < 4.78 is 41.6. The second kappa shape index (κ2) is 6.55. The Hall–Kier alpha value is -2.50. The molecule has 2 aromatic carbocycles. The van der Waals surface area contributed by atoms with Gasteiger partial charge in [-0.3, -0.25) is 0 Å². The molecule has 0 radical (unpaired) electrons. The van der Waals surface area contributed by atoms with Gasteiger partial charge >= 0.3 is 6.03 Å². The first-order valence-electron chi connectivity index (χ1n) is 7.73. The number of para-hydroxylation sites is 1. The summed E-state index contributed by atoms with van der Waals surface area (Å²) in [6.45, 7) is 1.49. The van der Waals surface area contributed by atoms with E-state index in [-0.39, 0.29) is 23.8 Å². The normalized spacial score (nSPS) is 13.7. The molecule has 0 atom stereocenters. The van der Waals surface area contributed by atoms with E-state index >= 15 is 0 Å². The van der Waals surface area contributed by atoms with E-state index in [9.17, 15) is 18.0 Å². The van der Waals surface area contributed by atoms with Crippen LogP contribution in [0.3, 0.4) is 0 Å². The van der Waals surface area contributed by atoms with Crippen LogP contribution in [0.15, 0.2) is 36.4 Å². The molecule has 1 N–H and O–H groups in total. The van der Waals surface area contributed by atoms with Crippen LogP contribution in [0.5, 0.6) is 0 Å². The molecule has 0 saturated heterocycles. The highest BCUT2D eigenvalue weighted by molar-refractivity contribution is 5.90. The van der Waals surface area contributed by atoms with Crippen LogP contribution in [-0.2, 0) is 6.54 Å². The van der Waals surface area contributed by atoms with E-state index < -0.39 is 23.5 Å². The first-order chi connectivity index (χ1) is 11.5. The number of nitrogens with one attached hydrogen (secondary N) is 1. The van der Waals surface area contributed by atoms with E-state index in [1.54, 1.807) is 19.1 Å². The molecule has 24 heavy (non-hydrogen) atoms. The van der Waals surface area contributed by atoms with Gasteiger partial charge in [0.1, 0.15) is 17.5 Å². The molecule has 3 rings (SSSR count). The molecule has 1 aliphatic carbocycles. The fraction of sp³-hybridized carbons (Fsp3) is 0.278. The van der Waals surface area contributed by atoms with Gasteiger partial charge in [-0.05, 0) is 43.5 Å². The molecule has 0 bridgehead atoms. The lowest BCUT2D eigenvalue weighted by molar-refractivity contribution is 0.204. The van der Waals surface area contributed by atoms with Gasteiger partial charge < -0.3 is 10.2 Å². The van der Waals surface area contributed by atoms with Gasteiger partial charge in [0.25, 0.3) is 0 Å². The Bertz CT molecular complexity index is 734. The molecule has 1 fully saturated rings. The molecule has 0 aromatic heterocycles. The van der Waals surface area contributed by atoms with Crippen LogP contribution in [0.4, 0.5) is 23.7 Å². The minimum atomic E-state index is -0.699. The lowest BCUT2D eigenvalue weighted by Gasteiger charge is -2.24. The standard InChI is InChI=1S/C18H17F3N2O/c1-11-4-2-7-16(21)17(11)22-18(24)23(12-8-9-12)10-13-14(19)5-3-6-15(13)20/h2-7,12H,8-10H2,1H3,(H,22,24). The molecule has 126 valence electrons. The molecule has 2 amide bonds. The summed E-state index contributed by atoms with van der Waals surface area (Å²) in [7, 11) is 0. The third-order valence-electron chi connectivity index (χ3n) is 4.09. The summed E-state index contributed by atoms with van der Waals surface area (Å²) in [5, 5.41) is 2.53. The smallest absolute Gasteiger partial charge is 0.317 e. The van der Waals surface area contributed by atoms with Crippen LogP contribution in [0.2, 0.25) is 0 Å². The molecular weight excluding hydrogens is 317 g/mol. The number of carbonyl (C=O) groups excluding carboxylic acids is 1. The number of benzene rings is 2. The number of anilines is 1. The lowest BCUT2D eigenvalue weighted by atomic mass is 10.1. The monoisotopic (exact) mass is 334 g/mol. The van der Waals surface area contributed by atoms with Crippen molar-refractivity contribution in [1.82, 2.24) is 4.90 Å². The minimum absolute atomic E-state index is 0.0853. The van der Waals surface area contributed by atoms with Gasteiger partial charge in [0.05, 0.1) is 12.2 Å². The second-order valence-corrected chi connectivity index (χ2v) is 5.92. The highest BCUT2D eigenvalue weighted by Crippen LogP contribution is 2.30. The predicted molar refractivity (Wildman–Crippen MR) is 85.1 cm³/mol. The minimum Gasteiger partial charge on any atom is -0.317 e. The molecular formula is C18H17F3N2O. The number of aryl methyl sites for hydroxylation is 1. The maximum atomic E-state index is 13.9. The van der Waals surface area contributed by atoms with Crippen LogP contribution >= 0.6 is 0 Å². The fourth-order valence-electron chi connectivity index (χ4n) is 2.58. The summed E-state index contributed by atoms with van der Waals surface area (Å²) in [6.07, 6.45) is 1.53. The first kappa shape index (κ1) is 16.4. The van der Waals surface area contributed by atoms with Gasteiger partial charge in [-0.25, -0.2) is 18.0 Å². The van der Waals surface area contributed by atoms with Gasteiger partial charge in [0, 0.05) is 11.6 Å². The molecule has 1 aliphatic rings. The van der Waals surface area contributed by atoms with Crippen LogP contribution in [0.25, 0.3) is 0 Å². The maximum Gasteiger partial charge on any atom is 0.322 e. The molecule has 1 saturated carbocycles. The Labute approximate surface area is 138 Å². The summed E-state index contributed by atoms with van der Waals surface area (Å²) in [4.78, 5) is 13.9. The lowest BCUT2D eigenvalue weighted by Crippen LogP contribution is -2.37. The van der Waals surface area contributed by atoms with Gasteiger partial charge in [-0.1, -0.05) is 18.2 Å². The van der Waals surface area contributed by atoms with Crippen molar-refractivity contribution < 1.29 is 18.0 Å². The maximum absolute atomic E-state index is 13.9. The average Bonchev–Trinajstić information content (AvgIpc) is 3.35. The quantitative estimate of drug-likeness (QED) is 0.870. The number of carbonyl (C=O) groups is 1. The number of hydrogen-bond donors (Lipinski definition) is 1. The van der Waals surface area contributed by atoms with Gasteiger partial charge in [-0.2, -0.15) is 0 Å². The molecule has 0 unspecified atom stereocenters. The van der Waals surface area contributed by atoms with Crippen molar-refractivity contribution in [2.24, 2.45) is 0 Å². The van der Waals surface area contributed by atoms with Crippen molar-refractivity contribution >= 4 is 11.7 Å². The van der Waals surface area contributed by atoms with Crippen molar-refractivity contribution in [3.63, 3.8) is 0 Å². The van der Waals surface area contributed by atoms with Crippen LogP contribution in [0, 0.1) is 24.4 Å². The molecule has 0 spiro atoms. The molecule has 2 aromatic rings. The Balaban J connectivity index is 1.82. The number of rotatable bonds is 4. The SMILES string of the molecule is Cc1cccc(F)c1NC(=O)N(Cc1c(F)cccc1F)C1CC1. The molecule has 3 nitrogen and oxygen atoms in total. The van der Waals surface area contributed by atoms with Crippen LogP contribution in [-0.4, -0.2) is 17.0 Å². The number of nitrogens with zero attached hydrogens (tertiary/aromatic N) is 1. The predicted octanol–water partition coefficient (Wildman–Crippen LogP) is 4.61. The Morgan fingerprint density at radius 1 is 1.08 bits per heavy atom. The van der Waals surface area contributed by atoms with Gasteiger partial charge in [-0.15, -0.1) is 0 Å². The number of hydrogen-bond acceptors (Lipinski definition) is 1. The Morgan fingerprint density at radius 3 is 2.25 bits per heavy atom. The van der Waals surface area contributed by atoms with Gasteiger partial charge in [0.15, 0.2) is 0 Å². The topological polar surface area (TPSA) is 32.3 Å². The molecule has 6 heteroatoms. The molecule has 0 aliphatic heterocycles. The van der Waals surface area contributed by atoms with E-state index in [0.29, 0.717) is 5.56 Å². The van der Waals surface area contributed by atoms with Crippen LogP contribution < -0.4 is 5.32 Å². The summed E-state index contributed by atoms with van der Waals surface area (Å²) in [6, 6.07) is 7.42. The van der Waals surface area contributed by atoms with E-state index in [1.807, 2.05) is 0 Å². The zero-order chi connectivity index (χ0) is 17.3. The number of amides is 2. The largest absolute Gasteiger partial charge is 0.322 e. The van der Waals surface area contributed by atoms with Crippen molar-refractivity contribution in [3.8, 4) is 0 Å². The Kier molecular flexibility index (Phi) is 4.46. The average molecular weight is 334 g/mol. The van der Waals surface area contributed by atoms with E-state index in [2.05, 4.69) is 5.32 Å². The summed E-state index contributed by atoms with van der Waals surface area (Å²) >= 11 is 0. The van der Waals surface area contributed by atoms with Gasteiger partial charge in [0.2, 0.25) is 0 Å². The van der Waals surface area contributed by atoms with Crippen molar-refractivity contribution in [2.75, 3.05) is 5.32 Å². The van der Waals surface area contributed by atoms with Crippen molar-refractivity contribution in [1.29, 1.82) is 0 Å². The van der Waals surface area contributed by atoms with E-state index in [1.165, 1.54) is 17.0 Å². The highest BCUT2D eigenvalue weighted by Gasteiger charge is 2.34. The van der Waals surface area contributed by atoms with Crippen molar-refractivity contribution in [3.05, 3.63) is 65.0 Å². The molecule has 0 heterocycles. The summed E-state index contributed by atoms with van der Waals surface area (Å²) in [5.41, 5.74) is 0.503. The third kappa shape index (κ3) is 3.37. The number of halogens is 3. The third-order valence-corrected chi connectivity index (χ3v) is 4.09. The zero-order valence-electron chi connectivity index (χ0n) is 13.2. The fourth-order valence-corrected chi connectivity index (χ4v) is 2.58. The van der Waals surface area contributed by atoms with Crippen molar-refractivity contribution in [2.45, 2.75) is 32.4 Å². The number of urea groups is 1. The van der Waals surface area contributed by atoms with E-state index in [4.69, 9.17) is 0 Å². The summed E-state index contributed by atoms with van der Waals surface area (Å²) in [5.74, 6) is -1.94. The van der Waals surface area contributed by atoms with E-state index in [0.717, 1.165) is 25.0 Å². The Morgan fingerprint density at radius 2 is 1.67 bits per heavy atom. The second-order valence-electron chi connectivity index (χ2n) is 5.92. The first-order valence-corrected chi connectivity index (χ1v) is 7.73. The van der Waals surface area contributed by atoms with Crippen LogP contribution in [0.1, 0.15) is 24.0 Å².